The molecule has 19 aromatic carbocycles. The van der Waals surface area contributed by atoms with Gasteiger partial charge in [0.25, 0.3) is 0 Å². The lowest BCUT2D eigenvalue weighted by atomic mass is 9.70. The van der Waals surface area contributed by atoms with Crippen molar-refractivity contribution in [2.24, 2.45) is 0 Å². The molecular formula is C138H95N11. The maximum Gasteiger partial charge on any atom is 0.164 e. The number of hydrogen-bond donors (Lipinski definition) is 0. The zero-order valence-corrected chi connectivity index (χ0v) is 82.3. The Bertz CT molecular complexity index is 9240. The van der Waals surface area contributed by atoms with Crippen molar-refractivity contribution in [3.8, 4) is 214 Å². The van der Waals surface area contributed by atoms with Gasteiger partial charge in [-0.15, -0.1) is 0 Å². The van der Waals surface area contributed by atoms with E-state index in [9.17, 15) is 0 Å². The fourth-order valence-corrected chi connectivity index (χ4v) is 22.8. The number of rotatable bonds is 15. The van der Waals surface area contributed by atoms with Crippen molar-refractivity contribution >= 4 is 10.8 Å². The fraction of sp³-hybridized carbons (Fsp3) is 0.0507. The molecule has 0 saturated carbocycles. The maximum atomic E-state index is 5.32. The van der Waals surface area contributed by atoms with Gasteiger partial charge in [0.05, 0.1) is 5.41 Å². The number of aromatic nitrogens is 11. The van der Waals surface area contributed by atoms with Gasteiger partial charge in [0.15, 0.2) is 52.4 Å². The molecule has 11 nitrogen and oxygen atoms in total. The third kappa shape index (κ3) is 16.2. The highest BCUT2D eigenvalue weighted by molar-refractivity contribution is 6.02. The van der Waals surface area contributed by atoms with E-state index in [1.807, 2.05) is 48.8 Å². The Morgan fingerprint density at radius 2 is 0.436 bits per heavy atom. The minimum Gasteiger partial charge on any atom is -0.264 e. The van der Waals surface area contributed by atoms with Gasteiger partial charge in [0.1, 0.15) is 0 Å². The van der Waals surface area contributed by atoms with Crippen molar-refractivity contribution in [3.05, 3.63) is 549 Å². The molecule has 28 rings (SSSR count). The van der Waals surface area contributed by atoms with Crippen LogP contribution in [0, 0.1) is 0 Å². The van der Waals surface area contributed by atoms with Crippen molar-refractivity contribution in [1.29, 1.82) is 0 Å². The molecule has 0 bridgehead atoms. The smallest absolute Gasteiger partial charge is 0.164 e. The maximum absolute atomic E-state index is 5.32. The lowest BCUT2D eigenvalue weighted by Crippen LogP contribution is -2.25. The van der Waals surface area contributed by atoms with Crippen LogP contribution in [0.15, 0.2) is 504 Å². The molecule has 0 fully saturated rings. The monoisotopic (exact) mass is 1910 g/mol. The van der Waals surface area contributed by atoms with E-state index < -0.39 is 5.41 Å². The molecule has 0 unspecified atom stereocenters. The SMILES string of the molecule is CC1(C)c2ccc(-c3nc(-c4ccc(-c5cccnc5)cc4)nc(-c4cccc(-c5ccccc5)c4)n3)cc2-c2ccc3ccccc3c21.CC1(C)c2ccccc2-c2c(-c3nc(-c4ccc(-c5ccccc5)cc4)nc(-c4cccc(-c5ccccc5)c4)n3)cccc21.c1ccc(-c2cccc(-c3nc(-c4ccc(-c5cccnc5)cc4)nc(-c4cccc5c4-c4ccccc4C54c5ccccc5-c5ccccc54)n3)c2)cc1. The van der Waals surface area contributed by atoms with Crippen LogP contribution >= 0.6 is 0 Å². The lowest BCUT2D eigenvalue weighted by molar-refractivity contribution is 0.660. The second-order valence-electron chi connectivity index (χ2n) is 39.4. The summed E-state index contributed by atoms with van der Waals surface area (Å²) in [6, 6.07) is 169. The summed E-state index contributed by atoms with van der Waals surface area (Å²) in [5.41, 5.74) is 41.7. The second kappa shape index (κ2) is 37.5. The molecule has 11 heteroatoms. The number of nitrogens with zero attached hydrogens (tertiary/aromatic N) is 11. The first kappa shape index (κ1) is 89.8. The van der Waals surface area contributed by atoms with Gasteiger partial charge in [-0.05, 0) is 203 Å². The highest BCUT2D eigenvalue weighted by atomic mass is 15.1. The van der Waals surface area contributed by atoms with Gasteiger partial charge in [-0.25, -0.2) is 44.9 Å². The Hall–Kier alpha value is -19.2. The van der Waals surface area contributed by atoms with E-state index in [2.05, 4.69) is 481 Å². The summed E-state index contributed by atoms with van der Waals surface area (Å²) in [7, 11) is 0. The number of hydrogen-bond acceptors (Lipinski definition) is 11. The summed E-state index contributed by atoms with van der Waals surface area (Å²) in [6.07, 6.45) is 7.35. The lowest BCUT2D eigenvalue weighted by Gasteiger charge is -2.30. The summed E-state index contributed by atoms with van der Waals surface area (Å²) >= 11 is 0. The molecule has 1 spiro atoms. The van der Waals surface area contributed by atoms with Crippen molar-refractivity contribution < 1.29 is 0 Å². The Morgan fingerprint density at radius 1 is 0.154 bits per heavy atom. The molecular weight excluding hydrogens is 1810 g/mol. The van der Waals surface area contributed by atoms with E-state index in [0.717, 1.165) is 117 Å². The first-order valence-corrected chi connectivity index (χ1v) is 50.6. The van der Waals surface area contributed by atoms with E-state index >= 15 is 0 Å². The molecule has 0 saturated heterocycles. The zero-order valence-electron chi connectivity index (χ0n) is 82.3. The average molecular weight is 1910 g/mol. The largest absolute Gasteiger partial charge is 0.264 e. The molecule has 5 aromatic heterocycles. The van der Waals surface area contributed by atoms with Crippen molar-refractivity contribution in [2.75, 3.05) is 0 Å². The second-order valence-corrected chi connectivity index (χ2v) is 39.4. The number of pyridine rings is 2. The predicted molar refractivity (Wildman–Crippen MR) is 606 cm³/mol. The van der Waals surface area contributed by atoms with Gasteiger partial charge in [0.2, 0.25) is 0 Å². The third-order valence-corrected chi connectivity index (χ3v) is 30.0. The topological polar surface area (TPSA) is 142 Å². The standard InChI is InChI=1S/C51H32N4.C45H32N4.C42H31N3/c1-2-13-33(14-3-1)36-15-10-16-37(31-36)49-53-48(35-28-26-34(27-29-35)38-17-12-30-52-32-38)54-50(55-49)42-21-11-25-46-47(42)41-20-6-9-24-45(41)51(46)43-22-7-4-18-39(43)40-19-5-8-23-44(40)51;1-45(2)40-24-22-35(27-39(40)38-23-21-31-12-6-7-16-37(31)41(38)45)44-48-42(32-19-17-30(18-20-32)36-15-9-25-46-28-36)47-43(49-44)34-14-8-13-33(26-34)29-10-4-3-5-11-29;1-42(2)36-21-10-9-19-34(36)38-35(20-12-22-37(38)42)41-44-39(31-25-23-30(24-26-31)28-13-5-3-6-14-28)43-40(45-41)33-18-11-17-32(27-33)29-15-7-4-8-16-29/h1-32H;3-28H,1-2H3;3-27H,1-2H3. The van der Waals surface area contributed by atoms with Crippen LogP contribution in [0.4, 0.5) is 0 Å². The molecule has 0 aliphatic heterocycles. The summed E-state index contributed by atoms with van der Waals surface area (Å²) in [5, 5.41) is 2.57. The van der Waals surface area contributed by atoms with E-state index in [-0.39, 0.29) is 10.8 Å². The van der Waals surface area contributed by atoms with Crippen LogP contribution in [-0.2, 0) is 16.2 Å². The normalized spacial score (nSPS) is 12.9. The summed E-state index contributed by atoms with van der Waals surface area (Å²) in [4.78, 5) is 55.1. The molecule has 149 heavy (non-hydrogen) atoms. The minimum atomic E-state index is -0.458. The predicted octanol–water partition coefficient (Wildman–Crippen LogP) is 33.5. The van der Waals surface area contributed by atoms with Crippen LogP contribution in [0.25, 0.3) is 225 Å². The van der Waals surface area contributed by atoms with Gasteiger partial charge in [0, 0.05) is 85.7 Å². The van der Waals surface area contributed by atoms with Gasteiger partial charge >= 0.3 is 0 Å². The zero-order chi connectivity index (χ0) is 99.7. The highest BCUT2D eigenvalue weighted by Crippen LogP contribution is 2.65. The minimum absolute atomic E-state index is 0.113. The Morgan fingerprint density at radius 3 is 0.872 bits per heavy atom. The summed E-state index contributed by atoms with van der Waals surface area (Å²) in [5.74, 6) is 5.81. The number of benzene rings is 19. The highest BCUT2D eigenvalue weighted by Gasteiger charge is 2.52. The van der Waals surface area contributed by atoms with Crippen LogP contribution in [0.1, 0.15) is 72.2 Å². The van der Waals surface area contributed by atoms with E-state index in [4.69, 9.17) is 44.9 Å². The Kier molecular flexibility index (Phi) is 22.6. The van der Waals surface area contributed by atoms with Crippen LogP contribution < -0.4 is 0 Å². The van der Waals surface area contributed by atoms with Gasteiger partial charge in [-0.2, -0.15) is 0 Å². The molecule has 0 N–H and O–H groups in total. The van der Waals surface area contributed by atoms with E-state index in [1.165, 1.54) is 99.8 Å². The quantitative estimate of drug-likeness (QED) is 0.0968. The van der Waals surface area contributed by atoms with Crippen LogP contribution in [0.3, 0.4) is 0 Å². The van der Waals surface area contributed by atoms with Crippen LogP contribution in [-0.4, -0.2) is 54.8 Å². The van der Waals surface area contributed by atoms with E-state index in [1.54, 1.807) is 12.4 Å². The first-order valence-electron chi connectivity index (χ1n) is 50.6. The van der Waals surface area contributed by atoms with Gasteiger partial charge < -0.3 is 0 Å². The van der Waals surface area contributed by atoms with Crippen molar-refractivity contribution in [1.82, 2.24) is 54.8 Å². The van der Waals surface area contributed by atoms with E-state index in [0.29, 0.717) is 52.4 Å². The molecule has 0 atom stereocenters. The molecule has 4 aliphatic carbocycles. The average Bonchev–Trinajstić information content (AvgIpc) is 1.50. The third-order valence-electron chi connectivity index (χ3n) is 30.0. The van der Waals surface area contributed by atoms with Crippen molar-refractivity contribution in [3.63, 3.8) is 0 Å². The fourth-order valence-electron chi connectivity index (χ4n) is 22.8. The van der Waals surface area contributed by atoms with Gasteiger partial charge in [-0.1, -0.05) is 471 Å². The summed E-state index contributed by atoms with van der Waals surface area (Å²) < 4.78 is 0. The van der Waals surface area contributed by atoms with Crippen molar-refractivity contribution in [2.45, 2.75) is 43.9 Å². The Labute approximate surface area is 865 Å². The molecule has 702 valence electrons. The van der Waals surface area contributed by atoms with Crippen LogP contribution in [0.5, 0.6) is 0 Å². The number of fused-ring (bicyclic) bond motifs is 18. The summed E-state index contributed by atoms with van der Waals surface area (Å²) in [6.45, 7) is 9.26. The van der Waals surface area contributed by atoms with Gasteiger partial charge in [-0.3, -0.25) is 9.97 Å². The molecule has 0 radical (unpaired) electrons. The molecule has 5 heterocycles. The van der Waals surface area contributed by atoms with Crippen LogP contribution in [0.2, 0.25) is 0 Å². The molecule has 4 aliphatic rings. The first-order chi connectivity index (χ1) is 73.4. The Balaban J connectivity index is 0.000000114. The molecule has 0 amide bonds. The molecule has 24 aromatic rings.